The van der Waals surface area contributed by atoms with Gasteiger partial charge in [-0.2, -0.15) is 0 Å². The van der Waals surface area contributed by atoms with E-state index in [0.717, 1.165) is 6.54 Å². The zero-order valence-corrected chi connectivity index (χ0v) is 5.46. The first-order chi connectivity index (χ1) is 4.72. The molecule has 0 radical (unpaired) electrons. The lowest BCUT2D eigenvalue weighted by Gasteiger charge is -1.99. The Hall–Kier alpha value is -0.900. The third kappa shape index (κ3) is 1.33. The molecule has 4 nitrogen and oxygen atoms in total. The van der Waals surface area contributed by atoms with E-state index in [1.807, 2.05) is 0 Å². The van der Waals surface area contributed by atoms with Crippen molar-refractivity contribution < 1.29 is 14.7 Å². The summed E-state index contributed by atoms with van der Waals surface area (Å²) in [7, 11) is 0. The van der Waals surface area contributed by atoms with E-state index >= 15 is 0 Å². The second-order valence-electron chi connectivity index (χ2n) is 2.36. The molecular weight excluding hydrogens is 134 g/mol. The molecule has 1 atom stereocenters. The summed E-state index contributed by atoms with van der Waals surface area (Å²) in [4.78, 5) is 20.8. The normalized spacial score (nSPS) is 24.6. The number of carboxylic acid groups (broad SMARTS) is 1. The maximum absolute atomic E-state index is 10.7. The molecule has 0 aromatic rings. The lowest BCUT2D eigenvalue weighted by molar-refractivity contribution is -0.150. The van der Waals surface area contributed by atoms with Crippen molar-refractivity contribution in [2.75, 3.05) is 13.1 Å². The van der Waals surface area contributed by atoms with Gasteiger partial charge in [0.15, 0.2) is 0 Å². The van der Waals surface area contributed by atoms with Gasteiger partial charge in [0.05, 0.1) is 0 Å². The number of nitrogens with one attached hydrogen (secondary N) is 1. The Balaban J connectivity index is 2.48. The van der Waals surface area contributed by atoms with Gasteiger partial charge in [-0.1, -0.05) is 0 Å². The Labute approximate surface area is 58.2 Å². The second kappa shape index (κ2) is 2.79. The minimum absolute atomic E-state index is 0.294. The lowest BCUT2D eigenvalue weighted by atomic mass is 10.0. The maximum atomic E-state index is 10.7. The van der Waals surface area contributed by atoms with Crippen molar-refractivity contribution in [3.05, 3.63) is 0 Å². The summed E-state index contributed by atoms with van der Waals surface area (Å²) < 4.78 is 0. The molecule has 0 aromatic carbocycles. The van der Waals surface area contributed by atoms with E-state index in [9.17, 15) is 9.59 Å². The zero-order valence-electron chi connectivity index (χ0n) is 5.46. The van der Waals surface area contributed by atoms with Gasteiger partial charge >= 0.3 is 5.97 Å². The standard InChI is InChI=1S/C6H9NO3/c8-5(6(9)10)4-1-2-7-3-4/h4,7H,1-3H2,(H,9,10). The molecule has 1 rings (SSSR count). The van der Waals surface area contributed by atoms with Crippen LogP contribution in [0.25, 0.3) is 0 Å². The van der Waals surface area contributed by atoms with E-state index in [0.29, 0.717) is 13.0 Å². The number of hydrogen-bond acceptors (Lipinski definition) is 3. The van der Waals surface area contributed by atoms with Gasteiger partial charge in [-0.15, -0.1) is 0 Å². The van der Waals surface area contributed by atoms with Crippen LogP contribution in [0, 0.1) is 5.92 Å². The monoisotopic (exact) mass is 143 g/mol. The van der Waals surface area contributed by atoms with Crippen molar-refractivity contribution in [3.8, 4) is 0 Å². The van der Waals surface area contributed by atoms with E-state index in [4.69, 9.17) is 5.11 Å². The molecule has 1 unspecified atom stereocenters. The zero-order chi connectivity index (χ0) is 7.56. The second-order valence-corrected chi connectivity index (χ2v) is 2.36. The van der Waals surface area contributed by atoms with Crippen LogP contribution in [0.2, 0.25) is 0 Å². The highest BCUT2D eigenvalue weighted by Gasteiger charge is 2.27. The van der Waals surface area contributed by atoms with Crippen LogP contribution in [0.1, 0.15) is 6.42 Å². The van der Waals surface area contributed by atoms with Crippen LogP contribution in [-0.4, -0.2) is 29.9 Å². The maximum Gasteiger partial charge on any atom is 0.372 e. The molecule has 0 aromatic heterocycles. The third-order valence-electron chi connectivity index (χ3n) is 1.64. The van der Waals surface area contributed by atoms with E-state index in [1.165, 1.54) is 0 Å². The first-order valence-corrected chi connectivity index (χ1v) is 3.19. The fraction of sp³-hybridized carbons (Fsp3) is 0.667. The van der Waals surface area contributed by atoms with Gasteiger partial charge in [-0.25, -0.2) is 4.79 Å². The van der Waals surface area contributed by atoms with Gasteiger partial charge < -0.3 is 10.4 Å². The molecule has 56 valence electrons. The van der Waals surface area contributed by atoms with Gasteiger partial charge in [0.25, 0.3) is 0 Å². The number of rotatable bonds is 2. The average molecular weight is 143 g/mol. The molecule has 10 heavy (non-hydrogen) atoms. The summed E-state index contributed by atoms with van der Waals surface area (Å²) in [6, 6.07) is 0. The van der Waals surface area contributed by atoms with Crippen LogP contribution in [0.15, 0.2) is 0 Å². The number of Topliss-reactive ketones (excluding diaryl/α,β-unsaturated/α-hetero) is 1. The fourth-order valence-electron chi connectivity index (χ4n) is 1.05. The molecule has 1 aliphatic heterocycles. The smallest absolute Gasteiger partial charge is 0.372 e. The van der Waals surface area contributed by atoms with Gasteiger partial charge in [0.2, 0.25) is 5.78 Å². The topological polar surface area (TPSA) is 66.4 Å². The molecule has 0 amide bonds. The van der Waals surface area contributed by atoms with E-state index < -0.39 is 11.8 Å². The Morgan fingerprint density at radius 2 is 2.20 bits per heavy atom. The van der Waals surface area contributed by atoms with Crippen LogP contribution in [0.5, 0.6) is 0 Å². The Kier molecular flexibility index (Phi) is 2.01. The number of hydrogen-bond donors (Lipinski definition) is 2. The Bertz CT molecular complexity index is 160. The quantitative estimate of drug-likeness (QED) is 0.499. The summed E-state index contributed by atoms with van der Waals surface area (Å²) in [5.41, 5.74) is 0. The fourth-order valence-corrected chi connectivity index (χ4v) is 1.05. The third-order valence-corrected chi connectivity index (χ3v) is 1.64. The van der Waals surface area contributed by atoms with Crippen molar-refractivity contribution in [2.45, 2.75) is 6.42 Å². The lowest BCUT2D eigenvalue weighted by Crippen LogP contribution is -2.24. The summed E-state index contributed by atoms with van der Waals surface area (Å²) in [6.07, 6.45) is 0.658. The molecule has 0 saturated carbocycles. The van der Waals surface area contributed by atoms with Crippen molar-refractivity contribution >= 4 is 11.8 Å². The summed E-state index contributed by atoms with van der Waals surface area (Å²) in [5.74, 6) is -2.27. The molecule has 1 heterocycles. The van der Waals surface area contributed by atoms with Crippen LogP contribution in [0.4, 0.5) is 0 Å². The minimum Gasteiger partial charge on any atom is -0.475 e. The number of carbonyl (C=O) groups excluding carboxylic acids is 1. The Morgan fingerprint density at radius 3 is 2.60 bits per heavy atom. The van der Waals surface area contributed by atoms with Gasteiger partial charge in [0, 0.05) is 12.5 Å². The van der Waals surface area contributed by atoms with Crippen LogP contribution in [0.3, 0.4) is 0 Å². The number of carbonyl (C=O) groups is 2. The first kappa shape index (κ1) is 7.21. The average Bonchev–Trinajstić information content (AvgIpc) is 2.36. The van der Waals surface area contributed by atoms with Gasteiger partial charge in [-0.05, 0) is 13.0 Å². The SMILES string of the molecule is O=C(O)C(=O)C1CCNC1. The van der Waals surface area contributed by atoms with E-state index in [1.54, 1.807) is 0 Å². The molecule has 2 N–H and O–H groups in total. The predicted molar refractivity (Wildman–Crippen MR) is 33.6 cm³/mol. The molecular formula is C6H9NO3. The highest BCUT2D eigenvalue weighted by atomic mass is 16.4. The number of carboxylic acids is 1. The Morgan fingerprint density at radius 1 is 1.50 bits per heavy atom. The molecule has 0 bridgehead atoms. The predicted octanol–water partition coefficient (Wildman–Crippen LogP) is -0.750. The van der Waals surface area contributed by atoms with Crippen molar-refractivity contribution in [1.82, 2.24) is 5.32 Å². The molecule has 1 saturated heterocycles. The van der Waals surface area contributed by atoms with Crippen molar-refractivity contribution in [1.29, 1.82) is 0 Å². The molecule has 1 fully saturated rings. The number of ketones is 1. The van der Waals surface area contributed by atoms with Crippen molar-refractivity contribution in [2.24, 2.45) is 5.92 Å². The summed E-state index contributed by atoms with van der Waals surface area (Å²) in [5, 5.41) is 11.2. The van der Waals surface area contributed by atoms with E-state index in [-0.39, 0.29) is 5.92 Å². The van der Waals surface area contributed by atoms with Crippen molar-refractivity contribution in [3.63, 3.8) is 0 Å². The van der Waals surface area contributed by atoms with Crippen LogP contribution < -0.4 is 5.32 Å². The summed E-state index contributed by atoms with van der Waals surface area (Å²) >= 11 is 0. The highest BCUT2D eigenvalue weighted by Crippen LogP contribution is 2.07. The van der Waals surface area contributed by atoms with Crippen LogP contribution in [-0.2, 0) is 9.59 Å². The van der Waals surface area contributed by atoms with E-state index in [2.05, 4.69) is 5.32 Å². The molecule has 4 heteroatoms. The van der Waals surface area contributed by atoms with Crippen LogP contribution >= 0.6 is 0 Å². The molecule has 0 spiro atoms. The largest absolute Gasteiger partial charge is 0.475 e. The highest BCUT2D eigenvalue weighted by molar-refractivity contribution is 6.33. The van der Waals surface area contributed by atoms with Gasteiger partial charge in [0.1, 0.15) is 0 Å². The molecule has 0 aliphatic carbocycles. The molecule has 1 aliphatic rings. The first-order valence-electron chi connectivity index (χ1n) is 3.19. The van der Waals surface area contributed by atoms with Gasteiger partial charge in [-0.3, -0.25) is 4.79 Å². The minimum atomic E-state index is -1.31. The number of aliphatic carboxylic acids is 1. The summed E-state index contributed by atoms with van der Waals surface area (Å²) in [6.45, 7) is 1.27.